The standard InChI is InChI=1S/2C8H15O10P.2Na/c2*9-5(10)1-3-6(11)8(13)7(12)4(18-3)2-17-19(14,15)16;;/h2*3-4,6-8,11-13H,1-2H2,(H,9,10)(H2,14,15,16);;/q;;2*+1/p-2. The minimum Gasteiger partial charge on any atom is -0.550 e. The van der Waals surface area contributed by atoms with Gasteiger partial charge in [-0.25, -0.2) is 9.13 Å². The summed E-state index contributed by atoms with van der Waals surface area (Å²) in [6.45, 7) is -1.56. The first-order valence-corrected chi connectivity index (χ1v) is 13.5. The van der Waals surface area contributed by atoms with Crippen LogP contribution in [0.3, 0.4) is 0 Å². The van der Waals surface area contributed by atoms with Crippen molar-refractivity contribution in [3.05, 3.63) is 0 Å². The van der Waals surface area contributed by atoms with Crippen LogP contribution in [0, 0.1) is 0 Å². The van der Waals surface area contributed by atoms with Crippen molar-refractivity contribution in [3.63, 3.8) is 0 Å². The number of phosphoric acid groups is 2. The van der Waals surface area contributed by atoms with Gasteiger partial charge in [-0.15, -0.1) is 0 Å². The Balaban J connectivity index is 0. The number of aliphatic hydroxyl groups is 6. The molecule has 0 spiro atoms. The SMILES string of the molecule is O=C([O-])CC1OC(COP(=O)(O)O)C(O)C(O)C1O.O=C([O-])CC1OC(COP(=O)(O)O)C(O)C(O)C1O.[Na+].[Na+]. The quantitative estimate of drug-likeness (QED) is 0.0776. The van der Waals surface area contributed by atoms with Gasteiger partial charge in [-0.2, -0.15) is 0 Å². The summed E-state index contributed by atoms with van der Waals surface area (Å²) in [5.74, 6) is -3.11. The smallest absolute Gasteiger partial charge is 0.550 e. The van der Waals surface area contributed by atoms with E-state index in [1.807, 2.05) is 0 Å². The largest absolute Gasteiger partial charge is 1.00 e. The van der Waals surface area contributed by atoms with E-state index in [0.717, 1.165) is 0 Å². The number of carbonyl (C=O) groups excluding carboxylic acids is 2. The number of ether oxygens (including phenoxy) is 2. The van der Waals surface area contributed by atoms with Crippen molar-refractivity contribution in [2.24, 2.45) is 0 Å². The molecule has 2 rings (SSSR count). The number of rotatable bonds is 10. The maximum absolute atomic E-state index is 10.5. The van der Waals surface area contributed by atoms with E-state index in [9.17, 15) is 59.6 Å². The molecule has 20 nitrogen and oxygen atoms in total. The third-order valence-electron chi connectivity index (χ3n) is 5.17. The van der Waals surface area contributed by atoms with Gasteiger partial charge in [0, 0.05) is 24.8 Å². The van der Waals surface area contributed by atoms with Crippen LogP contribution < -0.4 is 69.3 Å². The number of aliphatic carboxylic acids is 2. The molecule has 2 saturated heterocycles. The second-order valence-electron chi connectivity index (χ2n) is 8.09. The van der Waals surface area contributed by atoms with Crippen molar-refractivity contribution in [3.8, 4) is 0 Å². The van der Waals surface area contributed by atoms with Crippen LogP contribution in [0.4, 0.5) is 0 Å². The number of aliphatic hydroxyl groups excluding tert-OH is 6. The van der Waals surface area contributed by atoms with Crippen LogP contribution in [0.15, 0.2) is 0 Å². The van der Waals surface area contributed by atoms with Crippen LogP contribution in [0.25, 0.3) is 0 Å². The second kappa shape index (κ2) is 18.6. The fourth-order valence-corrected chi connectivity index (χ4v) is 4.02. The average molecular weight is 648 g/mol. The summed E-state index contributed by atoms with van der Waals surface area (Å²) in [5.41, 5.74) is 0. The minimum absolute atomic E-state index is 0. The van der Waals surface area contributed by atoms with Crippen molar-refractivity contribution in [2.75, 3.05) is 13.2 Å². The first kappa shape index (κ1) is 43.0. The van der Waals surface area contributed by atoms with Gasteiger partial charge in [0.1, 0.15) is 48.8 Å². The molecule has 10 atom stereocenters. The Kier molecular flexibility index (Phi) is 20.0. The summed E-state index contributed by atoms with van der Waals surface area (Å²) < 4.78 is 39.1. The van der Waals surface area contributed by atoms with Crippen molar-refractivity contribution >= 4 is 27.6 Å². The zero-order chi connectivity index (χ0) is 29.6. The van der Waals surface area contributed by atoms with E-state index < -0.39 is 115 Å². The van der Waals surface area contributed by atoms with Crippen LogP contribution in [-0.4, -0.2) is 136 Å². The van der Waals surface area contributed by atoms with Crippen LogP contribution in [0.5, 0.6) is 0 Å². The average Bonchev–Trinajstić information content (AvgIpc) is 2.77. The molecular weight excluding hydrogens is 620 g/mol. The van der Waals surface area contributed by atoms with Gasteiger partial charge in [0.15, 0.2) is 0 Å². The summed E-state index contributed by atoms with van der Waals surface area (Å²) in [4.78, 5) is 54.8. The van der Waals surface area contributed by atoms with E-state index in [1.54, 1.807) is 0 Å². The van der Waals surface area contributed by atoms with Gasteiger partial charge in [-0.3, -0.25) is 9.05 Å². The van der Waals surface area contributed by atoms with Gasteiger partial charge in [-0.05, 0) is 0 Å². The zero-order valence-electron chi connectivity index (χ0n) is 21.1. The molecule has 0 aromatic rings. The molecular formula is C16H28Na2O20P2. The third-order valence-corrected chi connectivity index (χ3v) is 6.14. The summed E-state index contributed by atoms with van der Waals surface area (Å²) in [7, 11) is -9.61. The zero-order valence-corrected chi connectivity index (χ0v) is 26.8. The van der Waals surface area contributed by atoms with Crippen molar-refractivity contribution in [2.45, 2.75) is 73.9 Å². The molecule has 10 unspecified atom stereocenters. The fraction of sp³-hybridized carbons (Fsp3) is 0.875. The van der Waals surface area contributed by atoms with Crippen LogP contribution >= 0.6 is 15.6 Å². The van der Waals surface area contributed by atoms with Crippen molar-refractivity contribution < 1.29 is 157 Å². The first-order chi connectivity index (χ1) is 17.2. The second-order valence-corrected chi connectivity index (χ2v) is 10.6. The molecule has 0 aromatic heterocycles. The van der Waals surface area contributed by atoms with Gasteiger partial charge in [-0.1, -0.05) is 0 Å². The molecule has 2 aliphatic heterocycles. The third kappa shape index (κ3) is 15.0. The molecule has 2 heterocycles. The molecule has 224 valence electrons. The van der Waals surface area contributed by atoms with E-state index >= 15 is 0 Å². The Morgan fingerprint density at radius 2 is 0.825 bits per heavy atom. The maximum atomic E-state index is 10.5. The van der Waals surface area contributed by atoms with Gasteiger partial charge < -0.3 is 79.5 Å². The molecule has 0 saturated carbocycles. The first-order valence-electron chi connectivity index (χ1n) is 10.4. The molecule has 0 amide bonds. The summed E-state index contributed by atoms with van der Waals surface area (Å²) in [6, 6.07) is 0. The van der Waals surface area contributed by atoms with Gasteiger partial charge in [0.25, 0.3) is 0 Å². The van der Waals surface area contributed by atoms with E-state index in [4.69, 9.17) is 29.0 Å². The maximum Gasteiger partial charge on any atom is 1.00 e. The molecule has 0 bridgehead atoms. The fourth-order valence-electron chi connectivity index (χ4n) is 3.34. The molecule has 10 N–H and O–H groups in total. The molecule has 40 heavy (non-hydrogen) atoms. The minimum atomic E-state index is -4.81. The normalized spacial score (nSPS) is 34.4. The predicted octanol–water partition coefficient (Wildman–Crippen LogP) is -13.8. The number of phosphoric ester groups is 2. The van der Waals surface area contributed by atoms with E-state index in [-0.39, 0.29) is 59.1 Å². The summed E-state index contributed by atoms with van der Waals surface area (Å²) in [6.07, 6.45) is -17.2. The van der Waals surface area contributed by atoms with Gasteiger partial charge in [0.05, 0.1) is 25.4 Å². The Morgan fingerprint density at radius 3 is 1.05 bits per heavy atom. The summed E-state index contributed by atoms with van der Waals surface area (Å²) in [5, 5.41) is 77.8. The van der Waals surface area contributed by atoms with Gasteiger partial charge in [0.2, 0.25) is 0 Å². The van der Waals surface area contributed by atoms with E-state index in [1.165, 1.54) is 0 Å². The molecule has 2 fully saturated rings. The van der Waals surface area contributed by atoms with Crippen molar-refractivity contribution in [1.29, 1.82) is 0 Å². The van der Waals surface area contributed by atoms with Gasteiger partial charge >= 0.3 is 74.8 Å². The topological polar surface area (TPSA) is 354 Å². The van der Waals surface area contributed by atoms with Crippen LogP contribution in [0.2, 0.25) is 0 Å². The molecule has 24 heteroatoms. The Labute approximate surface area is 269 Å². The molecule has 2 aliphatic rings. The Bertz CT molecular complexity index is 815. The molecule has 0 aromatic carbocycles. The number of carboxylic acid groups (broad SMARTS) is 2. The summed E-state index contributed by atoms with van der Waals surface area (Å²) >= 11 is 0. The number of carboxylic acids is 2. The van der Waals surface area contributed by atoms with Crippen LogP contribution in [0.1, 0.15) is 12.8 Å². The predicted molar refractivity (Wildman–Crippen MR) is 109 cm³/mol. The Morgan fingerprint density at radius 1 is 0.575 bits per heavy atom. The van der Waals surface area contributed by atoms with Crippen molar-refractivity contribution in [1.82, 2.24) is 0 Å². The number of hydrogen-bond donors (Lipinski definition) is 10. The number of carbonyl (C=O) groups is 2. The molecule has 0 radical (unpaired) electrons. The number of hydrogen-bond acceptors (Lipinski definition) is 16. The van der Waals surface area contributed by atoms with E-state index in [2.05, 4.69) is 9.05 Å². The van der Waals surface area contributed by atoms with Crippen LogP contribution in [-0.2, 0) is 37.2 Å². The molecule has 0 aliphatic carbocycles. The Hall–Kier alpha value is 0.840. The monoisotopic (exact) mass is 648 g/mol. The van der Waals surface area contributed by atoms with E-state index in [0.29, 0.717) is 0 Å².